The second-order valence-corrected chi connectivity index (χ2v) is 5.49. The van der Waals surface area contributed by atoms with Gasteiger partial charge in [-0.25, -0.2) is 0 Å². The van der Waals surface area contributed by atoms with E-state index in [-0.39, 0.29) is 11.5 Å². The smallest absolute Gasteiger partial charge is 0.264 e. The molecule has 19 heavy (non-hydrogen) atoms. The molecule has 1 saturated heterocycles. The number of benzene rings is 1. The van der Waals surface area contributed by atoms with Gasteiger partial charge in [0.05, 0.1) is 0 Å². The van der Waals surface area contributed by atoms with Crippen molar-refractivity contribution >= 4 is 27.9 Å². The number of piperidine rings is 1. The van der Waals surface area contributed by atoms with E-state index < -0.39 is 0 Å². The summed E-state index contributed by atoms with van der Waals surface area (Å²) in [6.07, 6.45) is 4.88. The van der Waals surface area contributed by atoms with Crippen LogP contribution in [-0.2, 0) is 4.79 Å². The predicted molar refractivity (Wildman–Crippen MR) is 78.2 cm³/mol. The average molecular weight is 319 g/mol. The Labute approximate surface area is 121 Å². The Kier molecular flexibility index (Phi) is 4.75. The fourth-order valence-corrected chi connectivity index (χ4v) is 2.59. The number of nitrogens with zero attached hydrogens (tertiary/aromatic N) is 2. The van der Waals surface area contributed by atoms with Crippen molar-refractivity contribution in [1.82, 2.24) is 4.90 Å². The van der Waals surface area contributed by atoms with Crippen molar-refractivity contribution in [1.29, 1.82) is 5.26 Å². The maximum atomic E-state index is 12.2. The molecular weight excluding hydrogens is 304 g/mol. The number of likely N-dealkylation sites (tertiary alicyclic amines) is 1. The molecule has 98 valence electrons. The van der Waals surface area contributed by atoms with Crippen LogP contribution in [0.1, 0.15) is 24.8 Å². The molecule has 4 heteroatoms. The van der Waals surface area contributed by atoms with Gasteiger partial charge in [0, 0.05) is 17.6 Å². The van der Waals surface area contributed by atoms with Crippen molar-refractivity contribution in [3.63, 3.8) is 0 Å². The first-order valence-electron chi connectivity index (χ1n) is 6.37. The molecule has 0 spiro atoms. The Morgan fingerprint density at radius 3 is 2.68 bits per heavy atom. The lowest BCUT2D eigenvalue weighted by atomic mass is 10.1. The SMILES string of the molecule is N#CC(=Cc1cccc(Br)c1)C(=O)N1CCCCC1. The minimum absolute atomic E-state index is 0.151. The molecule has 1 aromatic carbocycles. The van der Waals surface area contributed by atoms with Crippen LogP contribution in [0.3, 0.4) is 0 Å². The summed E-state index contributed by atoms with van der Waals surface area (Å²) >= 11 is 3.38. The summed E-state index contributed by atoms with van der Waals surface area (Å²) in [7, 11) is 0. The summed E-state index contributed by atoms with van der Waals surface area (Å²) < 4.78 is 0.934. The van der Waals surface area contributed by atoms with Crippen LogP contribution >= 0.6 is 15.9 Å². The molecule has 2 rings (SSSR count). The van der Waals surface area contributed by atoms with Crippen molar-refractivity contribution in [2.75, 3.05) is 13.1 Å². The summed E-state index contributed by atoms with van der Waals surface area (Å²) in [5, 5.41) is 9.18. The third-order valence-electron chi connectivity index (χ3n) is 3.15. The van der Waals surface area contributed by atoms with Crippen LogP contribution in [0.5, 0.6) is 0 Å². The Morgan fingerprint density at radius 2 is 2.05 bits per heavy atom. The minimum Gasteiger partial charge on any atom is -0.338 e. The van der Waals surface area contributed by atoms with Gasteiger partial charge in [0.1, 0.15) is 11.6 Å². The normalized spacial score (nSPS) is 16.0. The molecule has 0 unspecified atom stereocenters. The van der Waals surface area contributed by atoms with Crippen molar-refractivity contribution in [3.05, 3.63) is 39.9 Å². The molecule has 1 aliphatic heterocycles. The second-order valence-electron chi connectivity index (χ2n) is 4.58. The number of hydrogen-bond donors (Lipinski definition) is 0. The molecule has 0 saturated carbocycles. The van der Waals surface area contributed by atoms with Crippen molar-refractivity contribution in [2.24, 2.45) is 0 Å². The highest BCUT2D eigenvalue weighted by Crippen LogP contribution is 2.17. The van der Waals surface area contributed by atoms with Gasteiger partial charge in [0.15, 0.2) is 0 Å². The highest BCUT2D eigenvalue weighted by Gasteiger charge is 2.20. The predicted octanol–water partition coefficient (Wildman–Crippen LogP) is 3.37. The lowest BCUT2D eigenvalue weighted by Crippen LogP contribution is -2.36. The Morgan fingerprint density at radius 1 is 1.32 bits per heavy atom. The van der Waals surface area contributed by atoms with Crippen LogP contribution in [0, 0.1) is 11.3 Å². The molecule has 0 radical (unpaired) electrons. The zero-order valence-electron chi connectivity index (χ0n) is 10.6. The molecule has 0 bridgehead atoms. The Bertz CT molecular complexity index is 539. The number of carbonyl (C=O) groups excluding carboxylic acids is 1. The molecule has 1 aliphatic rings. The number of rotatable bonds is 2. The van der Waals surface area contributed by atoms with E-state index in [4.69, 9.17) is 0 Å². The van der Waals surface area contributed by atoms with Gasteiger partial charge < -0.3 is 4.90 Å². The molecular formula is C15H15BrN2O. The van der Waals surface area contributed by atoms with E-state index >= 15 is 0 Å². The summed E-state index contributed by atoms with van der Waals surface area (Å²) in [5.41, 5.74) is 1.07. The van der Waals surface area contributed by atoms with Gasteiger partial charge in [-0.2, -0.15) is 5.26 Å². The molecule has 0 aliphatic carbocycles. The van der Waals surface area contributed by atoms with Gasteiger partial charge in [0.2, 0.25) is 0 Å². The second kappa shape index (κ2) is 6.53. The molecule has 0 aromatic heterocycles. The first-order chi connectivity index (χ1) is 9.20. The fourth-order valence-electron chi connectivity index (χ4n) is 2.17. The molecule has 1 heterocycles. The van der Waals surface area contributed by atoms with Gasteiger partial charge in [-0.05, 0) is 43.0 Å². The van der Waals surface area contributed by atoms with Gasteiger partial charge in [-0.1, -0.05) is 28.1 Å². The van der Waals surface area contributed by atoms with E-state index in [2.05, 4.69) is 15.9 Å². The molecule has 0 N–H and O–H groups in total. The van der Waals surface area contributed by atoms with Gasteiger partial charge >= 0.3 is 0 Å². The van der Waals surface area contributed by atoms with Gasteiger partial charge in [0.25, 0.3) is 5.91 Å². The number of halogens is 1. The van der Waals surface area contributed by atoms with E-state index in [0.717, 1.165) is 36.0 Å². The van der Waals surface area contributed by atoms with Crippen LogP contribution in [0.15, 0.2) is 34.3 Å². The zero-order chi connectivity index (χ0) is 13.7. The van der Waals surface area contributed by atoms with Crippen LogP contribution in [-0.4, -0.2) is 23.9 Å². The van der Waals surface area contributed by atoms with Crippen LogP contribution < -0.4 is 0 Å². The van der Waals surface area contributed by atoms with E-state index in [0.29, 0.717) is 0 Å². The Balaban J connectivity index is 2.19. The number of nitriles is 1. The maximum absolute atomic E-state index is 12.2. The quantitative estimate of drug-likeness (QED) is 0.620. The van der Waals surface area contributed by atoms with Gasteiger partial charge in [-0.15, -0.1) is 0 Å². The number of carbonyl (C=O) groups is 1. The van der Waals surface area contributed by atoms with Crippen molar-refractivity contribution < 1.29 is 4.79 Å². The van der Waals surface area contributed by atoms with E-state index in [1.54, 1.807) is 11.0 Å². The van der Waals surface area contributed by atoms with Crippen LogP contribution in [0.25, 0.3) is 6.08 Å². The minimum atomic E-state index is -0.151. The number of amides is 1. The highest BCUT2D eigenvalue weighted by atomic mass is 79.9. The molecule has 1 amide bonds. The largest absolute Gasteiger partial charge is 0.338 e. The zero-order valence-corrected chi connectivity index (χ0v) is 12.2. The van der Waals surface area contributed by atoms with E-state index in [1.165, 1.54) is 6.42 Å². The van der Waals surface area contributed by atoms with E-state index in [9.17, 15) is 10.1 Å². The van der Waals surface area contributed by atoms with Crippen LogP contribution in [0.2, 0.25) is 0 Å². The first-order valence-corrected chi connectivity index (χ1v) is 7.16. The standard InChI is InChI=1S/C15H15BrN2O/c16-14-6-4-5-12(10-14)9-13(11-17)15(19)18-7-2-1-3-8-18/h4-6,9-10H,1-3,7-8H2. The highest BCUT2D eigenvalue weighted by molar-refractivity contribution is 9.10. The number of hydrogen-bond acceptors (Lipinski definition) is 2. The van der Waals surface area contributed by atoms with E-state index in [1.807, 2.05) is 30.3 Å². The van der Waals surface area contributed by atoms with Crippen LogP contribution in [0.4, 0.5) is 0 Å². The topological polar surface area (TPSA) is 44.1 Å². The molecule has 1 aromatic rings. The van der Waals surface area contributed by atoms with Crippen molar-refractivity contribution in [2.45, 2.75) is 19.3 Å². The van der Waals surface area contributed by atoms with Crippen molar-refractivity contribution in [3.8, 4) is 6.07 Å². The third kappa shape index (κ3) is 3.68. The summed E-state index contributed by atoms with van der Waals surface area (Å²) in [4.78, 5) is 14.0. The lowest BCUT2D eigenvalue weighted by molar-refractivity contribution is -0.127. The molecule has 3 nitrogen and oxygen atoms in total. The average Bonchev–Trinajstić information content (AvgIpc) is 2.45. The fraction of sp³-hybridized carbons (Fsp3) is 0.333. The monoisotopic (exact) mass is 318 g/mol. The Hall–Kier alpha value is -1.60. The lowest BCUT2D eigenvalue weighted by Gasteiger charge is -2.26. The third-order valence-corrected chi connectivity index (χ3v) is 3.65. The summed E-state index contributed by atoms with van der Waals surface area (Å²) in [6.45, 7) is 1.52. The molecule has 0 atom stereocenters. The maximum Gasteiger partial charge on any atom is 0.264 e. The molecule has 1 fully saturated rings. The first kappa shape index (κ1) is 13.8. The summed E-state index contributed by atoms with van der Waals surface area (Å²) in [5.74, 6) is -0.151. The summed E-state index contributed by atoms with van der Waals surface area (Å²) in [6, 6.07) is 9.59. The van der Waals surface area contributed by atoms with Gasteiger partial charge in [-0.3, -0.25) is 4.79 Å².